The lowest BCUT2D eigenvalue weighted by Crippen LogP contribution is -2.25. The zero-order chi connectivity index (χ0) is 23.4. The normalized spacial score (nSPS) is 10.8. The van der Waals surface area contributed by atoms with E-state index in [1.807, 2.05) is 29.1 Å². The summed E-state index contributed by atoms with van der Waals surface area (Å²) in [7, 11) is 0. The summed E-state index contributed by atoms with van der Waals surface area (Å²) in [6.45, 7) is 1.38. The van der Waals surface area contributed by atoms with Crippen LogP contribution in [0.1, 0.15) is 42.5 Å². The summed E-state index contributed by atoms with van der Waals surface area (Å²) in [6, 6.07) is 22.9. The molecule has 6 nitrogen and oxygen atoms in total. The molecule has 2 heterocycles. The van der Waals surface area contributed by atoms with Gasteiger partial charge >= 0.3 is 0 Å². The van der Waals surface area contributed by atoms with Gasteiger partial charge in [-0.25, -0.2) is 4.68 Å². The quantitative estimate of drug-likeness (QED) is 0.311. The van der Waals surface area contributed by atoms with Gasteiger partial charge in [0.15, 0.2) is 0 Å². The zero-order valence-corrected chi connectivity index (χ0v) is 19.4. The Bertz CT molecular complexity index is 1140. The summed E-state index contributed by atoms with van der Waals surface area (Å²) >= 11 is 0. The first-order valence-electron chi connectivity index (χ1n) is 12.0. The van der Waals surface area contributed by atoms with Gasteiger partial charge in [0.25, 0.3) is 0 Å². The lowest BCUT2D eigenvalue weighted by atomic mass is 10.0. The molecule has 4 aromatic rings. The first kappa shape index (κ1) is 23.4. The highest BCUT2D eigenvalue weighted by Gasteiger charge is 2.05. The van der Waals surface area contributed by atoms with Crippen LogP contribution >= 0.6 is 0 Å². The van der Waals surface area contributed by atoms with Gasteiger partial charge in [-0.15, -0.1) is 5.10 Å². The van der Waals surface area contributed by atoms with Crippen LogP contribution in [0.4, 0.5) is 0 Å². The Balaban J connectivity index is 1.11. The van der Waals surface area contributed by atoms with Crippen LogP contribution < -0.4 is 5.32 Å². The molecule has 4 rings (SSSR count). The van der Waals surface area contributed by atoms with Crippen molar-refractivity contribution in [1.29, 1.82) is 0 Å². The lowest BCUT2D eigenvalue weighted by molar-refractivity contribution is -0.121. The number of aromatic nitrogens is 4. The Morgan fingerprint density at radius 3 is 2.35 bits per heavy atom. The molecule has 2 aromatic carbocycles. The molecule has 0 fully saturated rings. The van der Waals surface area contributed by atoms with E-state index in [-0.39, 0.29) is 5.91 Å². The Labute approximate surface area is 201 Å². The van der Waals surface area contributed by atoms with Crippen LogP contribution in [0.25, 0.3) is 11.1 Å². The molecule has 0 unspecified atom stereocenters. The average molecular weight is 454 g/mol. The number of amides is 1. The van der Waals surface area contributed by atoms with Gasteiger partial charge in [-0.05, 0) is 60.1 Å². The molecule has 6 heteroatoms. The molecule has 0 bridgehead atoms. The molecule has 0 radical (unpaired) electrons. The Morgan fingerprint density at radius 2 is 1.56 bits per heavy atom. The van der Waals surface area contributed by atoms with Gasteiger partial charge in [-0.1, -0.05) is 66.2 Å². The van der Waals surface area contributed by atoms with Crippen molar-refractivity contribution >= 4 is 5.91 Å². The Kier molecular flexibility index (Phi) is 8.55. The fraction of sp³-hybridized carbons (Fsp3) is 0.286. The smallest absolute Gasteiger partial charge is 0.220 e. The third-order valence-corrected chi connectivity index (χ3v) is 5.81. The van der Waals surface area contributed by atoms with Crippen LogP contribution in [0.5, 0.6) is 0 Å². The van der Waals surface area contributed by atoms with Crippen LogP contribution in [0.2, 0.25) is 0 Å². The molecule has 0 aliphatic rings. The van der Waals surface area contributed by atoms with Crippen molar-refractivity contribution in [2.24, 2.45) is 0 Å². The SMILES string of the molecule is O=C(CCCCCc1cn(Cc2ccc(-c3ccccc3)cc2)nn1)NCCc1ccncc1. The molecule has 1 amide bonds. The molecule has 0 spiro atoms. The van der Waals surface area contributed by atoms with E-state index in [1.165, 1.54) is 22.3 Å². The number of rotatable bonds is 12. The van der Waals surface area contributed by atoms with Crippen LogP contribution in [0.15, 0.2) is 85.3 Å². The van der Waals surface area contributed by atoms with E-state index in [9.17, 15) is 4.79 Å². The van der Waals surface area contributed by atoms with Crippen LogP contribution in [0.3, 0.4) is 0 Å². The second-order valence-electron chi connectivity index (χ2n) is 8.49. The average Bonchev–Trinajstić information content (AvgIpc) is 3.32. The topological polar surface area (TPSA) is 72.7 Å². The largest absolute Gasteiger partial charge is 0.356 e. The van der Waals surface area contributed by atoms with E-state index >= 15 is 0 Å². The third-order valence-electron chi connectivity index (χ3n) is 5.81. The van der Waals surface area contributed by atoms with Gasteiger partial charge in [-0.3, -0.25) is 9.78 Å². The minimum Gasteiger partial charge on any atom is -0.356 e. The van der Waals surface area contributed by atoms with Crippen molar-refractivity contribution in [3.05, 3.63) is 102 Å². The van der Waals surface area contributed by atoms with Crippen LogP contribution in [0, 0.1) is 0 Å². The molecule has 0 aliphatic carbocycles. The third kappa shape index (κ3) is 7.37. The number of nitrogens with one attached hydrogen (secondary N) is 1. The summed E-state index contributed by atoms with van der Waals surface area (Å²) in [5.41, 5.74) is 5.83. The Hall–Kier alpha value is -3.80. The number of hydrogen-bond donors (Lipinski definition) is 1. The minimum absolute atomic E-state index is 0.123. The van der Waals surface area contributed by atoms with Gasteiger partial charge < -0.3 is 5.32 Å². The number of carbonyl (C=O) groups excluding carboxylic acids is 1. The molecule has 34 heavy (non-hydrogen) atoms. The fourth-order valence-corrected chi connectivity index (χ4v) is 3.90. The van der Waals surface area contributed by atoms with Gasteiger partial charge in [-0.2, -0.15) is 0 Å². The van der Waals surface area contributed by atoms with E-state index in [4.69, 9.17) is 0 Å². The highest BCUT2D eigenvalue weighted by molar-refractivity contribution is 5.75. The number of aryl methyl sites for hydroxylation is 1. The summed E-state index contributed by atoms with van der Waals surface area (Å²) in [5, 5.41) is 11.6. The first-order valence-corrected chi connectivity index (χ1v) is 12.0. The summed E-state index contributed by atoms with van der Waals surface area (Å²) in [6.07, 6.45) is 10.8. The number of carbonyl (C=O) groups is 1. The van der Waals surface area contributed by atoms with Crippen molar-refractivity contribution < 1.29 is 4.79 Å². The summed E-state index contributed by atoms with van der Waals surface area (Å²) < 4.78 is 1.89. The number of benzene rings is 2. The first-order chi connectivity index (χ1) is 16.8. The van der Waals surface area contributed by atoms with E-state index in [0.717, 1.165) is 37.8 Å². The maximum absolute atomic E-state index is 12.0. The lowest BCUT2D eigenvalue weighted by Gasteiger charge is -2.05. The van der Waals surface area contributed by atoms with Gasteiger partial charge in [0, 0.05) is 31.6 Å². The molecule has 2 aromatic heterocycles. The van der Waals surface area contributed by atoms with Crippen molar-refractivity contribution in [3.8, 4) is 11.1 Å². The molecule has 0 saturated carbocycles. The highest BCUT2D eigenvalue weighted by Crippen LogP contribution is 2.19. The number of pyridine rings is 1. The summed E-state index contributed by atoms with van der Waals surface area (Å²) in [5.74, 6) is 0.123. The van der Waals surface area contributed by atoms with E-state index in [1.54, 1.807) is 12.4 Å². The van der Waals surface area contributed by atoms with Crippen molar-refractivity contribution in [1.82, 2.24) is 25.3 Å². The fourth-order valence-electron chi connectivity index (χ4n) is 3.90. The molecule has 0 saturated heterocycles. The molecular formula is C28H31N5O. The van der Waals surface area contributed by atoms with Crippen molar-refractivity contribution in [2.75, 3.05) is 6.54 Å². The standard InChI is InChI=1S/C28H31N5O/c34-28(30-20-17-23-15-18-29-19-16-23)10-6-2-5-9-27-22-33(32-31-27)21-24-11-13-26(14-12-24)25-7-3-1-4-8-25/h1,3-4,7-8,11-16,18-19,22H,2,5-6,9-10,17,20-21H2,(H,30,34). The van der Waals surface area contributed by atoms with Gasteiger partial charge in [0.2, 0.25) is 5.91 Å². The van der Waals surface area contributed by atoms with Crippen LogP contribution in [-0.2, 0) is 24.2 Å². The molecule has 0 atom stereocenters. The van der Waals surface area contributed by atoms with Gasteiger partial charge in [0.1, 0.15) is 0 Å². The second-order valence-corrected chi connectivity index (χ2v) is 8.49. The molecule has 174 valence electrons. The van der Waals surface area contributed by atoms with Crippen molar-refractivity contribution in [2.45, 2.75) is 45.1 Å². The van der Waals surface area contributed by atoms with Crippen molar-refractivity contribution in [3.63, 3.8) is 0 Å². The number of nitrogens with zero attached hydrogens (tertiary/aromatic N) is 4. The molecule has 0 aliphatic heterocycles. The second kappa shape index (κ2) is 12.4. The predicted molar refractivity (Wildman–Crippen MR) is 134 cm³/mol. The molecular weight excluding hydrogens is 422 g/mol. The number of unbranched alkanes of at least 4 members (excludes halogenated alkanes) is 2. The maximum Gasteiger partial charge on any atom is 0.220 e. The zero-order valence-electron chi connectivity index (χ0n) is 19.4. The number of hydrogen-bond acceptors (Lipinski definition) is 4. The van der Waals surface area contributed by atoms with Gasteiger partial charge in [0.05, 0.1) is 12.2 Å². The predicted octanol–water partition coefficient (Wildman–Crippen LogP) is 4.85. The maximum atomic E-state index is 12.0. The Morgan fingerprint density at radius 1 is 0.794 bits per heavy atom. The summed E-state index contributed by atoms with van der Waals surface area (Å²) in [4.78, 5) is 16.0. The van der Waals surface area contributed by atoms with Crippen LogP contribution in [-0.4, -0.2) is 32.4 Å². The van der Waals surface area contributed by atoms with E-state index in [0.29, 0.717) is 19.5 Å². The highest BCUT2D eigenvalue weighted by atomic mass is 16.1. The van der Waals surface area contributed by atoms with E-state index < -0.39 is 0 Å². The van der Waals surface area contributed by atoms with E-state index in [2.05, 4.69) is 69.1 Å². The molecule has 1 N–H and O–H groups in total. The monoisotopic (exact) mass is 453 g/mol. The minimum atomic E-state index is 0.123.